The van der Waals surface area contributed by atoms with Crippen LogP contribution in [-0.2, 0) is 11.3 Å². The molecule has 0 amide bonds. The third-order valence-corrected chi connectivity index (χ3v) is 3.14. The molecule has 0 aliphatic rings. The van der Waals surface area contributed by atoms with Gasteiger partial charge in [0.2, 0.25) is 5.89 Å². The van der Waals surface area contributed by atoms with Gasteiger partial charge in [0.15, 0.2) is 5.82 Å². The van der Waals surface area contributed by atoms with Crippen molar-refractivity contribution in [2.45, 2.75) is 51.2 Å². The molecule has 0 aromatic carbocycles. The van der Waals surface area contributed by atoms with Crippen molar-refractivity contribution in [3.8, 4) is 0 Å². The van der Waals surface area contributed by atoms with E-state index in [1.54, 1.807) is 7.05 Å². The average molecular weight is 313 g/mol. The van der Waals surface area contributed by atoms with E-state index in [0.29, 0.717) is 5.89 Å². The number of ether oxygens (including phenoxy) is 1. The maximum absolute atomic E-state index is 12.6. The first kappa shape index (κ1) is 17.8. The minimum atomic E-state index is -4.18. The van der Waals surface area contributed by atoms with Crippen molar-refractivity contribution in [1.29, 1.82) is 0 Å². The number of alkyl halides is 4. The standard InChI is InChI=1S/C12H19F4N3O2/c1-4-8(7(2)17-3)10-18-9(19-21-10)5-20-6-12(15,16)11(13)14/h7-8,11,17H,4-6H2,1-3H3. The second-order valence-corrected chi connectivity index (χ2v) is 4.70. The molecule has 1 aromatic heterocycles. The summed E-state index contributed by atoms with van der Waals surface area (Å²) < 4.78 is 58.7. The highest BCUT2D eigenvalue weighted by atomic mass is 19.3. The highest BCUT2D eigenvalue weighted by Crippen LogP contribution is 2.24. The molecule has 9 heteroatoms. The number of nitrogens with one attached hydrogen (secondary N) is 1. The molecule has 0 saturated heterocycles. The zero-order valence-corrected chi connectivity index (χ0v) is 12.1. The second-order valence-electron chi connectivity index (χ2n) is 4.70. The van der Waals surface area contributed by atoms with Gasteiger partial charge in [-0.1, -0.05) is 12.1 Å². The van der Waals surface area contributed by atoms with Crippen LogP contribution in [0.4, 0.5) is 17.6 Å². The van der Waals surface area contributed by atoms with Crippen LogP contribution >= 0.6 is 0 Å². The largest absolute Gasteiger partial charge is 0.367 e. The van der Waals surface area contributed by atoms with E-state index in [1.807, 2.05) is 13.8 Å². The molecule has 0 fully saturated rings. The Hall–Kier alpha value is -1.22. The van der Waals surface area contributed by atoms with Crippen molar-refractivity contribution >= 4 is 0 Å². The average Bonchev–Trinajstić information content (AvgIpc) is 2.87. The molecular weight excluding hydrogens is 294 g/mol. The van der Waals surface area contributed by atoms with Gasteiger partial charge < -0.3 is 14.6 Å². The van der Waals surface area contributed by atoms with Crippen LogP contribution in [0.3, 0.4) is 0 Å². The van der Waals surface area contributed by atoms with Crippen molar-refractivity contribution in [2.24, 2.45) is 0 Å². The summed E-state index contributed by atoms with van der Waals surface area (Å²) >= 11 is 0. The maximum atomic E-state index is 12.6. The van der Waals surface area contributed by atoms with Crippen molar-refractivity contribution in [3.63, 3.8) is 0 Å². The Morgan fingerprint density at radius 2 is 2.05 bits per heavy atom. The number of rotatable bonds is 9. The number of halogens is 4. The predicted molar refractivity (Wildman–Crippen MR) is 66.5 cm³/mol. The number of hydrogen-bond acceptors (Lipinski definition) is 5. The molecule has 0 spiro atoms. The Morgan fingerprint density at radius 3 is 2.57 bits per heavy atom. The van der Waals surface area contributed by atoms with Crippen molar-refractivity contribution in [2.75, 3.05) is 13.7 Å². The summed E-state index contributed by atoms with van der Waals surface area (Å²) in [6.45, 7) is 2.09. The molecule has 1 N–H and O–H groups in total. The molecule has 0 aliphatic carbocycles. The third-order valence-electron chi connectivity index (χ3n) is 3.14. The SMILES string of the molecule is CCC(c1nc(COCC(F)(F)C(F)F)no1)C(C)NC. The molecule has 1 aromatic rings. The van der Waals surface area contributed by atoms with Crippen molar-refractivity contribution in [3.05, 3.63) is 11.7 Å². The number of nitrogens with zero attached hydrogens (tertiary/aromatic N) is 2. The maximum Gasteiger partial charge on any atom is 0.330 e. The molecule has 122 valence electrons. The topological polar surface area (TPSA) is 60.2 Å². The van der Waals surface area contributed by atoms with Crippen molar-refractivity contribution < 1.29 is 26.8 Å². The summed E-state index contributed by atoms with van der Waals surface area (Å²) in [4.78, 5) is 4.04. The summed E-state index contributed by atoms with van der Waals surface area (Å²) in [5.74, 6) is -3.80. The molecule has 1 heterocycles. The van der Waals surface area contributed by atoms with Gasteiger partial charge in [-0.15, -0.1) is 0 Å². The second kappa shape index (κ2) is 7.69. The molecular formula is C12H19F4N3O2. The van der Waals surface area contributed by atoms with E-state index in [4.69, 9.17) is 4.52 Å². The first-order chi connectivity index (χ1) is 9.81. The first-order valence-corrected chi connectivity index (χ1v) is 6.55. The molecule has 2 atom stereocenters. The van der Waals surface area contributed by atoms with Crippen LogP contribution in [0.25, 0.3) is 0 Å². The van der Waals surface area contributed by atoms with Gasteiger partial charge in [-0.2, -0.15) is 13.8 Å². The highest BCUT2D eigenvalue weighted by Gasteiger charge is 2.41. The van der Waals surface area contributed by atoms with E-state index in [9.17, 15) is 17.6 Å². The quantitative estimate of drug-likeness (QED) is 0.710. The Kier molecular flexibility index (Phi) is 6.53. The summed E-state index contributed by atoms with van der Waals surface area (Å²) in [7, 11) is 1.79. The zero-order chi connectivity index (χ0) is 16.0. The Morgan fingerprint density at radius 1 is 1.38 bits per heavy atom. The van der Waals surface area contributed by atoms with Crippen LogP contribution < -0.4 is 5.32 Å². The molecule has 0 aliphatic heterocycles. The normalized spacial score (nSPS) is 15.4. The molecule has 0 saturated carbocycles. The van der Waals surface area contributed by atoms with Gasteiger partial charge >= 0.3 is 12.3 Å². The van der Waals surface area contributed by atoms with E-state index < -0.39 is 25.6 Å². The number of aromatic nitrogens is 2. The van der Waals surface area contributed by atoms with E-state index in [2.05, 4.69) is 20.2 Å². The number of hydrogen-bond donors (Lipinski definition) is 1. The molecule has 2 unspecified atom stereocenters. The van der Waals surface area contributed by atoms with Gasteiger partial charge in [0, 0.05) is 6.04 Å². The lowest BCUT2D eigenvalue weighted by Gasteiger charge is -2.17. The Labute approximate surface area is 120 Å². The lowest BCUT2D eigenvalue weighted by atomic mass is 9.98. The van der Waals surface area contributed by atoms with Crippen LogP contribution in [0.1, 0.15) is 37.9 Å². The van der Waals surface area contributed by atoms with E-state index >= 15 is 0 Å². The third kappa shape index (κ3) is 4.92. The monoisotopic (exact) mass is 313 g/mol. The summed E-state index contributed by atoms with van der Waals surface area (Å²) in [6.07, 6.45) is -3.02. The highest BCUT2D eigenvalue weighted by molar-refractivity contribution is 4.97. The zero-order valence-electron chi connectivity index (χ0n) is 12.1. The van der Waals surface area contributed by atoms with Gasteiger partial charge in [-0.25, -0.2) is 8.78 Å². The predicted octanol–water partition coefficient (Wildman–Crippen LogP) is 2.59. The summed E-state index contributed by atoms with van der Waals surface area (Å²) in [5.41, 5.74) is 0. The van der Waals surface area contributed by atoms with Crippen LogP contribution in [0.5, 0.6) is 0 Å². The fourth-order valence-corrected chi connectivity index (χ4v) is 1.76. The fourth-order valence-electron chi connectivity index (χ4n) is 1.76. The van der Waals surface area contributed by atoms with Crippen LogP contribution in [0.2, 0.25) is 0 Å². The van der Waals surface area contributed by atoms with Gasteiger partial charge in [-0.05, 0) is 20.4 Å². The van der Waals surface area contributed by atoms with Gasteiger partial charge in [0.1, 0.15) is 13.2 Å². The molecule has 0 bridgehead atoms. The number of likely N-dealkylation sites (N-methyl/N-ethyl adjacent to an activating group) is 1. The molecule has 1 rings (SSSR count). The summed E-state index contributed by atoms with van der Waals surface area (Å²) in [5, 5.41) is 6.65. The van der Waals surface area contributed by atoms with Crippen molar-refractivity contribution in [1.82, 2.24) is 15.5 Å². The summed E-state index contributed by atoms with van der Waals surface area (Å²) in [6, 6.07) is 0.0902. The minimum absolute atomic E-state index is 0.0289. The van der Waals surface area contributed by atoms with E-state index in [-0.39, 0.29) is 17.8 Å². The first-order valence-electron chi connectivity index (χ1n) is 6.55. The van der Waals surface area contributed by atoms with Crippen LogP contribution in [0.15, 0.2) is 4.52 Å². The van der Waals surface area contributed by atoms with Crippen LogP contribution in [-0.4, -0.2) is 42.2 Å². The Bertz CT molecular complexity index is 428. The minimum Gasteiger partial charge on any atom is -0.367 e. The van der Waals surface area contributed by atoms with Gasteiger partial charge in [0.25, 0.3) is 0 Å². The fraction of sp³-hybridized carbons (Fsp3) is 0.833. The van der Waals surface area contributed by atoms with E-state index in [0.717, 1.165) is 6.42 Å². The lowest BCUT2D eigenvalue weighted by molar-refractivity contribution is -0.168. The van der Waals surface area contributed by atoms with Crippen LogP contribution in [0, 0.1) is 0 Å². The van der Waals surface area contributed by atoms with E-state index in [1.165, 1.54) is 0 Å². The smallest absolute Gasteiger partial charge is 0.330 e. The lowest BCUT2D eigenvalue weighted by Crippen LogP contribution is -2.32. The molecule has 0 radical (unpaired) electrons. The van der Waals surface area contributed by atoms with Gasteiger partial charge in [-0.3, -0.25) is 0 Å². The van der Waals surface area contributed by atoms with Gasteiger partial charge in [0.05, 0.1) is 5.92 Å². The Balaban J connectivity index is 2.56. The molecule has 5 nitrogen and oxygen atoms in total. The molecule has 21 heavy (non-hydrogen) atoms.